The van der Waals surface area contributed by atoms with Crippen molar-refractivity contribution in [2.24, 2.45) is 0 Å². The third kappa shape index (κ3) is 4.08. The number of carbonyl (C=O) groups excluding carboxylic acids is 1. The van der Waals surface area contributed by atoms with Crippen molar-refractivity contribution in [1.82, 2.24) is 19.8 Å². The fourth-order valence-corrected chi connectivity index (χ4v) is 3.63. The fourth-order valence-electron chi connectivity index (χ4n) is 3.63. The molecule has 1 atom stereocenters. The summed E-state index contributed by atoms with van der Waals surface area (Å²) in [6, 6.07) is 12.8. The number of oxazole rings is 1. The minimum atomic E-state index is -0.0683. The predicted molar refractivity (Wildman–Crippen MR) is 106 cm³/mol. The van der Waals surface area contributed by atoms with Gasteiger partial charge in [0.1, 0.15) is 5.52 Å². The number of carbonyl (C=O) groups is 1. The Morgan fingerprint density at radius 2 is 2.07 bits per heavy atom. The average molecular weight is 380 g/mol. The van der Waals surface area contributed by atoms with Gasteiger partial charge in [-0.3, -0.25) is 4.79 Å². The van der Waals surface area contributed by atoms with Gasteiger partial charge in [-0.2, -0.15) is 0 Å². The summed E-state index contributed by atoms with van der Waals surface area (Å²) >= 11 is 0. The number of likely N-dealkylation sites (tertiary alicyclic amines) is 1. The van der Waals surface area contributed by atoms with E-state index in [1.807, 2.05) is 35.2 Å². The Labute approximate surface area is 163 Å². The zero-order valence-electron chi connectivity index (χ0n) is 15.7. The number of aryl methyl sites for hydroxylation is 1. The molecule has 146 valence electrons. The maximum atomic E-state index is 12.5. The van der Waals surface area contributed by atoms with Gasteiger partial charge in [-0.1, -0.05) is 18.2 Å². The van der Waals surface area contributed by atoms with Crippen molar-refractivity contribution in [2.75, 3.05) is 19.6 Å². The van der Waals surface area contributed by atoms with E-state index in [2.05, 4.69) is 10.3 Å². The number of fused-ring (bicyclic) bond motifs is 1. The number of piperidine rings is 1. The molecule has 1 fully saturated rings. The van der Waals surface area contributed by atoms with Crippen molar-refractivity contribution in [3.8, 4) is 0 Å². The smallest absolute Gasteiger partial charge is 0.317 e. The van der Waals surface area contributed by atoms with Crippen molar-refractivity contribution < 1.29 is 9.21 Å². The molecule has 0 radical (unpaired) electrons. The standard InChI is InChI=1S/C21H24N4O3/c26-19-10-3-4-12-24(19)14-6-11-22-21(27)25-13-5-7-16(15-25)20-23-17-8-1-2-9-18(17)28-20/h1-4,8-10,12,16H,5-7,11,13-15H2,(H,22,27)/t16-/m1/s1. The van der Waals surface area contributed by atoms with Gasteiger partial charge in [0.2, 0.25) is 5.56 Å². The van der Waals surface area contributed by atoms with Crippen molar-refractivity contribution in [2.45, 2.75) is 31.7 Å². The van der Waals surface area contributed by atoms with Gasteiger partial charge in [0.15, 0.2) is 11.5 Å². The third-order valence-corrected chi connectivity index (χ3v) is 5.12. The number of aromatic nitrogens is 2. The van der Waals surface area contributed by atoms with Gasteiger partial charge in [-0.15, -0.1) is 0 Å². The highest BCUT2D eigenvalue weighted by atomic mass is 16.3. The average Bonchev–Trinajstić information content (AvgIpc) is 3.17. The molecule has 1 aliphatic rings. The first kappa shape index (κ1) is 18.3. The topological polar surface area (TPSA) is 80.4 Å². The highest BCUT2D eigenvalue weighted by Crippen LogP contribution is 2.28. The van der Waals surface area contributed by atoms with Crippen LogP contribution in [-0.4, -0.2) is 40.1 Å². The van der Waals surface area contributed by atoms with Crippen molar-refractivity contribution >= 4 is 17.1 Å². The molecule has 4 rings (SSSR count). The van der Waals surface area contributed by atoms with Gasteiger partial charge in [0.25, 0.3) is 0 Å². The van der Waals surface area contributed by atoms with Crippen LogP contribution in [0.25, 0.3) is 11.1 Å². The number of rotatable bonds is 5. The molecule has 0 aliphatic carbocycles. The number of pyridine rings is 1. The van der Waals surface area contributed by atoms with Crippen LogP contribution >= 0.6 is 0 Å². The van der Waals surface area contributed by atoms with Gasteiger partial charge in [0.05, 0.1) is 5.92 Å². The second-order valence-corrected chi connectivity index (χ2v) is 7.12. The van der Waals surface area contributed by atoms with Crippen LogP contribution < -0.4 is 10.9 Å². The van der Waals surface area contributed by atoms with Gasteiger partial charge in [-0.05, 0) is 37.5 Å². The summed E-state index contributed by atoms with van der Waals surface area (Å²) in [5.74, 6) is 0.831. The van der Waals surface area contributed by atoms with Gasteiger partial charge < -0.3 is 19.2 Å². The molecule has 7 heteroatoms. The van der Waals surface area contributed by atoms with E-state index in [1.165, 1.54) is 0 Å². The summed E-state index contributed by atoms with van der Waals surface area (Å²) in [6.07, 6.45) is 4.36. The summed E-state index contributed by atoms with van der Waals surface area (Å²) < 4.78 is 7.54. The molecule has 2 aromatic heterocycles. The predicted octanol–water partition coefficient (Wildman–Crippen LogP) is 2.97. The van der Waals surface area contributed by atoms with Gasteiger partial charge >= 0.3 is 6.03 Å². The zero-order chi connectivity index (χ0) is 19.3. The second kappa shape index (κ2) is 8.29. The molecular weight excluding hydrogens is 356 g/mol. The minimum absolute atomic E-state index is 0.0222. The Balaban J connectivity index is 1.29. The van der Waals surface area contributed by atoms with Crippen LogP contribution in [-0.2, 0) is 6.54 Å². The first-order valence-electron chi connectivity index (χ1n) is 9.74. The zero-order valence-corrected chi connectivity index (χ0v) is 15.7. The Morgan fingerprint density at radius 3 is 2.93 bits per heavy atom. The fraction of sp³-hybridized carbons (Fsp3) is 0.381. The lowest BCUT2D eigenvalue weighted by Gasteiger charge is -2.31. The molecule has 0 bridgehead atoms. The summed E-state index contributed by atoms with van der Waals surface area (Å²) in [7, 11) is 0. The number of nitrogens with one attached hydrogen (secondary N) is 1. The monoisotopic (exact) mass is 380 g/mol. The van der Waals surface area contributed by atoms with E-state index >= 15 is 0 Å². The van der Waals surface area contributed by atoms with Gasteiger partial charge in [-0.25, -0.2) is 9.78 Å². The first-order valence-corrected chi connectivity index (χ1v) is 9.74. The van der Waals surface area contributed by atoms with Crippen LogP contribution in [0, 0.1) is 0 Å². The molecule has 1 aliphatic heterocycles. The lowest BCUT2D eigenvalue weighted by Crippen LogP contribution is -2.45. The molecule has 1 saturated heterocycles. The van der Waals surface area contributed by atoms with E-state index in [-0.39, 0.29) is 17.5 Å². The van der Waals surface area contributed by atoms with Crippen LogP contribution in [0.2, 0.25) is 0 Å². The molecule has 0 saturated carbocycles. The summed E-state index contributed by atoms with van der Waals surface area (Å²) in [4.78, 5) is 30.6. The Hall–Kier alpha value is -3.09. The van der Waals surface area contributed by atoms with E-state index in [0.29, 0.717) is 31.9 Å². The molecule has 1 N–H and O–H groups in total. The number of benzene rings is 1. The van der Waals surface area contributed by atoms with Crippen LogP contribution in [0.4, 0.5) is 4.79 Å². The number of hydrogen-bond donors (Lipinski definition) is 1. The van der Waals surface area contributed by atoms with E-state index < -0.39 is 0 Å². The summed E-state index contributed by atoms with van der Waals surface area (Å²) in [6.45, 7) is 2.47. The molecule has 1 aromatic carbocycles. The Morgan fingerprint density at radius 1 is 1.21 bits per heavy atom. The molecular formula is C21H24N4O3. The van der Waals surface area contributed by atoms with Crippen LogP contribution in [0.1, 0.15) is 31.1 Å². The Bertz CT molecular complexity index is 977. The van der Waals surface area contributed by atoms with Crippen LogP contribution in [0.5, 0.6) is 0 Å². The maximum Gasteiger partial charge on any atom is 0.317 e. The molecule has 0 spiro atoms. The molecule has 28 heavy (non-hydrogen) atoms. The molecule has 2 amide bonds. The van der Waals surface area contributed by atoms with E-state index in [1.54, 1.807) is 22.9 Å². The third-order valence-electron chi connectivity index (χ3n) is 5.12. The number of hydrogen-bond acceptors (Lipinski definition) is 4. The normalized spacial score (nSPS) is 17.0. The molecule has 3 heterocycles. The molecule has 0 unspecified atom stereocenters. The largest absolute Gasteiger partial charge is 0.440 e. The first-order chi connectivity index (χ1) is 13.7. The Kier molecular flexibility index (Phi) is 5.41. The maximum absolute atomic E-state index is 12.5. The summed E-state index contributed by atoms with van der Waals surface area (Å²) in [5.41, 5.74) is 1.62. The molecule has 3 aromatic rings. The van der Waals surface area contributed by atoms with Crippen molar-refractivity contribution in [3.05, 3.63) is 64.9 Å². The van der Waals surface area contributed by atoms with E-state index in [4.69, 9.17) is 4.42 Å². The van der Waals surface area contributed by atoms with E-state index in [0.717, 1.165) is 30.5 Å². The number of amides is 2. The highest BCUT2D eigenvalue weighted by molar-refractivity contribution is 5.74. The SMILES string of the molecule is O=C(NCCCn1ccccc1=O)N1CCC[C@@H](c2nc3ccccc3o2)C1. The van der Waals surface area contributed by atoms with Crippen LogP contribution in [0.15, 0.2) is 57.9 Å². The van der Waals surface area contributed by atoms with Crippen LogP contribution in [0.3, 0.4) is 0 Å². The lowest BCUT2D eigenvalue weighted by molar-refractivity contribution is 0.174. The summed E-state index contributed by atoms with van der Waals surface area (Å²) in [5, 5.41) is 2.96. The second-order valence-electron chi connectivity index (χ2n) is 7.12. The number of urea groups is 1. The minimum Gasteiger partial charge on any atom is -0.440 e. The quantitative estimate of drug-likeness (QED) is 0.690. The van der Waals surface area contributed by atoms with E-state index in [9.17, 15) is 9.59 Å². The number of para-hydroxylation sites is 2. The van der Waals surface area contributed by atoms with Crippen molar-refractivity contribution in [1.29, 1.82) is 0 Å². The van der Waals surface area contributed by atoms with Crippen molar-refractivity contribution in [3.63, 3.8) is 0 Å². The molecule has 7 nitrogen and oxygen atoms in total. The highest BCUT2D eigenvalue weighted by Gasteiger charge is 2.27. The van der Waals surface area contributed by atoms with Gasteiger partial charge in [0, 0.05) is 38.4 Å². The number of nitrogens with zero attached hydrogens (tertiary/aromatic N) is 3. The lowest BCUT2D eigenvalue weighted by atomic mass is 9.98.